The van der Waals surface area contributed by atoms with Crippen LogP contribution in [-0.2, 0) is 6.18 Å². The summed E-state index contributed by atoms with van der Waals surface area (Å²) in [6.45, 7) is 7.60. The summed E-state index contributed by atoms with van der Waals surface area (Å²) in [7, 11) is 0. The van der Waals surface area contributed by atoms with Gasteiger partial charge in [0, 0.05) is 17.8 Å². The van der Waals surface area contributed by atoms with Gasteiger partial charge in [0.1, 0.15) is 0 Å². The molecule has 0 amide bonds. The van der Waals surface area contributed by atoms with E-state index in [0.717, 1.165) is 31.1 Å². The molecule has 1 aromatic rings. The molecule has 1 aliphatic rings. The third kappa shape index (κ3) is 5.46. The molecule has 29 heavy (non-hydrogen) atoms. The summed E-state index contributed by atoms with van der Waals surface area (Å²) in [4.78, 5) is 1.58. The molecule has 2 atom stereocenters. The molecule has 1 aromatic carbocycles. The lowest BCUT2D eigenvalue weighted by molar-refractivity contribution is -0.161. The number of hydrogen-bond acceptors (Lipinski definition) is 1. The molecule has 160 valence electrons. The molecular formula is C22H25F6N. The van der Waals surface area contributed by atoms with E-state index in [1.165, 1.54) is 24.3 Å². The second-order valence-corrected chi connectivity index (χ2v) is 7.44. The fourth-order valence-corrected chi connectivity index (χ4v) is 3.50. The van der Waals surface area contributed by atoms with Gasteiger partial charge in [0.2, 0.25) is 0 Å². The summed E-state index contributed by atoms with van der Waals surface area (Å²) >= 11 is 0. The summed E-state index contributed by atoms with van der Waals surface area (Å²) < 4.78 is 79.7. The Hall–Kier alpha value is -2.18. The average molecular weight is 417 g/mol. The highest BCUT2D eigenvalue weighted by Crippen LogP contribution is 2.42. The van der Waals surface area contributed by atoms with E-state index < -0.39 is 29.4 Å². The van der Waals surface area contributed by atoms with Crippen molar-refractivity contribution in [2.75, 3.05) is 4.90 Å². The molecule has 0 saturated heterocycles. The van der Waals surface area contributed by atoms with Crippen molar-refractivity contribution in [1.82, 2.24) is 0 Å². The Morgan fingerprint density at radius 3 is 2.41 bits per heavy atom. The molecule has 0 heterocycles. The van der Waals surface area contributed by atoms with Crippen LogP contribution >= 0.6 is 0 Å². The Balaban J connectivity index is 2.57. The Morgan fingerprint density at radius 2 is 1.86 bits per heavy atom. The normalized spacial score (nSPS) is 19.4. The molecule has 0 aliphatic heterocycles. The Morgan fingerprint density at radius 1 is 1.17 bits per heavy atom. The SMILES string of the molecule is C=CC(C)(CCCC)N(C1=CC=CC(C(F)(F)F)C1)c1cccc(C(F)(F)F)c1. The first-order valence-corrected chi connectivity index (χ1v) is 9.47. The lowest BCUT2D eigenvalue weighted by atomic mass is 9.88. The van der Waals surface area contributed by atoms with Crippen LogP contribution in [0.4, 0.5) is 32.0 Å². The third-order valence-corrected chi connectivity index (χ3v) is 5.19. The predicted molar refractivity (Wildman–Crippen MR) is 103 cm³/mol. The highest BCUT2D eigenvalue weighted by atomic mass is 19.4. The van der Waals surface area contributed by atoms with Crippen LogP contribution in [-0.4, -0.2) is 11.7 Å². The fraction of sp³-hybridized carbons (Fsp3) is 0.455. The first kappa shape index (κ1) is 23.1. The fourth-order valence-electron chi connectivity index (χ4n) is 3.50. The Kier molecular flexibility index (Phi) is 6.91. The Labute approximate surface area is 167 Å². The molecule has 2 rings (SSSR count). The van der Waals surface area contributed by atoms with Crippen molar-refractivity contribution < 1.29 is 26.3 Å². The first-order chi connectivity index (χ1) is 13.4. The highest BCUT2D eigenvalue weighted by Gasteiger charge is 2.42. The van der Waals surface area contributed by atoms with E-state index in [0.29, 0.717) is 12.1 Å². The molecule has 1 nitrogen and oxygen atoms in total. The summed E-state index contributed by atoms with van der Waals surface area (Å²) in [5, 5.41) is 0. The van der Waals surface area contributed by atoms with Gasteiger partial charge in [-0.3, -0.25) is 0 Å². The van der Waals surface area contributed by atoms with Crippen LogP contribution < -0.4 is 4.90 Å². The van der Waals surface area contributed by atoms with E-state index >= 15 is 0 Å². The van der Waals surface area contributed by atoms with Gasteiger partial charge in [0.15, 0.2) is 0 Å². The van der Waals surface area contributed by atoms with Crippen molar-refractivity contribution in [3.8, 4) is 0 Å². The second-order valence-electron chi connectivity index (χ2n) is 7.44. The molecule has 0 spiro atoms. The Bertz CT molecular complexity index is 774. The van der Waals surface area contributed by atoms with Gasteiger partial charge in [-0.2, -0.15) is 26.3 Å². The van der Waals surface area contributed by atoms with Crippen molar-refractivity contribution in [2.45, 2.75) is 57.4 Å². The van der Waals surface area contributed by atoms with Gasteiger partial charge in [0.25, 0.3) is 0 Å². The topological polar surface area (TPSA) is 3.24 Å². The number of benzene rings is 1. The number of nitrogens with zero attached hydrogens (tertiary/aromatic N) is 1. The van der Waals surface area contributed by atoms with Crippen LogP contribution in [0.2, 0.25) is 0 Å². The molecule has 0 fully saturated rings. The maximum Gasteiger partial charge on any atom is 0.416 e. The molecule has 0 radical (unpaired) electrons. The largest absolute Gasteiger partial charge is 0.416 e. The molecule has 0 bridgehead atoms. The zero-order chi connectivity index (χ0) is 21.9. The van der Waals surface area contributed by atoms with Crippen molar-refractivity contribution >= 4 is 5.69 Å². The van der Waals surface area contributed by atoms with Crippen molar-refractivity contribution in [2.24, 2.45) is 5.92 Å². The number of hydrogen-bond donors (Lipinski definition) is 0. The number of rotatable bonds is 7. The van der Waals surface area contributed by atoms with Crippen LogP contribution in [0.3, 0.4) is 0 Å². The molecule has 1 aliphatic carbocycles. The quantitative estimate of drug-likeness (QED) is 0.325. The standard InChI is InChI=1S/C22H25F6N/c1-4-6-13-20(3,5-2)29(18-11-7-9-16(14-18)21(23,24)25)19-12-8-10-17(15-19)22(26,27)28/h5,7-12,14,17H,2,4,6,13,15H2,1,3H3. The van der Waals surface area contributed by atoms with Crippen molar-refractivity contribution in [3.63, 3.8) is 0 Å². The number of alkyl halides is 6. The van der Waals surface area contributed by atoms with E-state index in [4.69, 9.17) is 0 Å². The van der Waals surface area contributed by atoms with E-state index in [2.05, 4.69) is 6.58 Å². The maximum atomic E-state index is 13.3. The van der Waals surface area contributed by atoms with E-state index in [-0.39, 0.29) is 12.1 Å². The predicted octanol–water partition coefficient (Wildman–Crippen LogP) is 7.67. The van der Waals surface area contributed by atoms with Gasteiger partial charge in [-0.1, -0.05) is 44.1 Å². The zero-order valence-corrected chi connectivity index (χ0v) is 16.4. The lowest BCUT2D eigenvalue weighted by Crippen LogP contribution is -2.45. The number of unbranched alkanes of at least 4 members (excludes halogenated alkanes) is 1. The van der Waals surface area contributed by atoms with Crippen LogP contribution in [0.25, 0.3) is 0 Å². The minimum absolute atomic E-state index is 0.195. The summed E-state index contributed by atoms with van der Waals surface area (Å²) in [6.07, 6.45) is -1.65. The monoisotopic (exact) mass is 417 g/mol. The zero-order valence-electron chi connectivity index (χ0n) is 16.4. The minimum Gasteiger partial charge on any atom is -0.336 e. The molecule has 0 aromatic heterocycles. The van der Waals surface area contributed by atoms with Gasteiger partial charge in [0.05, 0.1) is 17.0 Å². The highest BCUT2D eigenvalue weighted by molar-refractivity contribution is 5.59. The smallest absolute Gasteiger partial charge is 0.336 e. The van der Waals surface area contributed by atoms with E-state index in [9.17, 15) is 26.3 Å². The number of allylic oxidation sites excluding steroid dienone is 4. The van der Waals surface area contributed by atoms with Crippen LogP contribution in [0, 0.1) is 5.92 Å². The first-order valence-electron chi connectivity index (χ1n) is 9.47. The van der Waals surface area contributed by atoms with Crippen LogP contribution in [0.15, 0.2) is 60.8 Å². The summed E-state index contributed by atoms with van der Waals surface area (Å²) in [6, 6.07) is 4.70. The lowest BCUT2D eigenvalue weighted by Gasteiger charge is -2.44. The van der Waals surface area contributed by atoms with Crippen LogP contribution in [0.5, 0.6) is 0 Å². The number of anilines is 1. The van der Waals surface area contributed by atoms with Crippen molar-refractivity contribution in [3.05, 3.63) is 66.4 Å². The van der Waals surface area contributed by atoms with Gasteiger partial charge in [-0.15, -0.1) is 6.58 Å². The van der Waals surface area contributed by atoms with Gasteiger partial charge in [-0.25, -0.2) is 0 Å². The molecule has 2 unspecified atom stereocenters. The summed E-state index contributed by atoms with van der Waals surface area (Å²) in [5.74, 6) is -1.68. The van der Waals surface area contributed by atoms with E-state index in [1.807, 2.05) is 6.92 Å². The molecular weight excluding hydrogens is 392 g/mol. The third-order valence-electron chi connectivity index (χ3n) is 5.19. The van der Waals surface area contributed by atoms with Gasteiger partial charge >= 0.3 is 12.4 Å². The summed E-state index contributed by atoms with van der Waals surface area (Å²) in [5.41, 5.74) is -1.18. The van der Waals surface area contributed by atoms with E-state index in [1.54, 1.807) is 17.9 Å². The minimum atomic E-state index is -4.55. The second kappa shape index (κ2) is 8.67. The average Bonchev–Trinajstić information content (AvgIpc) is 2.66. The van der Waals surface area contributed by atoms with Crippen LogP contribution in [0.1, 0.15) is 45.1 Å². The molecule has 0 N–H and O–H groups in total. The van der Waals surface area contributed by atoms with Gasteiger partial charge < -0.3 is 4.90 Å². The number of halogens is 6. The molecule has 7 heteroatoms. The van der Waals surface area contributed by atoms with Gasteiger partial charge in [-0.05, 0) is 37.6 Å². The molecule has 0 saturated carbocycles. The van der Waals surface area contributed by atoms with Crippen molar-refractivity contribution in [1.29, 1.82) is 0 Å². The maximum absolute atomic E-state index is 13.3.